The van der Waals surface area contributed by atoms with E-state index in [0.29, 0.717) is 0 Å². The topological polar surface area (TPSA) is 101 Å². The molecule has 0 aliphatic rings. The highest BCUT2D eigenvalue weighted by Gasteiger charge is 2.06. The predicted molar refractivity (Wildman–Crippen MR) is 103 cm³/mol. The zero-order valence-corrected chi connectivity index (χ0v) is 14.8. The zero-order valence-electron chi connectivity index (χ0n) is 14.8. The molecule has 0 radical (unpaired) electrons. The van der Waals surface area contributed by atoms with E-state index in [1.54, 1.807) is 6.08 Å². The molecule has 0 spiro atoms. The second kappa shape index (κ2) is 9.95. The lowest BCUT2D eigenvalue weighted by molar-refractivity contribution is -0.132. The number of carboxylic acid groups (broad SMARTS) is 1. The Kier molecular flexibility index (Phi) is 7.96. The van der Waals surface area contributed by atoms with Crippen LogP contribution in [-0.2, 0) is 4.79 Å². The van der Waals surface area contributed by atoms with Crippen molar-refractivity contribution in [1.29, 1.82) is 0 Å². The molecule has 6 N–H and O–H groups in total. The summed E-state index contributed by atoms with van der Waals surface area (Å²) in [5.74, 6) is 4.06. The Bertz CT molecular complexity index is 746. The first-order chi connectivity index (χ1) is 12.0. The number of carbonyl (C=O) groups is 1. The summed E-state index contributed by atoms with van der Waals surface area (Å²) < 4.78 is 0. The fraction of sp³-hybridized carbons (Fsp3) is 0.150. The van der Waals surface area contributed by atoms with E-state index >= 15 is 0 Å². The lowest BCUT2D eigenvalue weighted by Gasteiger charge is -2.05. The van der Waals surface area contributed by atoms with E-state index in [2.05, 4.69) is 36.6 Å². The van der Waals surface area contributed by atoms with Gasteiger partial charge in [0, 0.05) is 0 Å². The largest absolute Gasteiger partial charge is 0.477 e. The standard InChI is InChI=1S/C18H19N3O2.C2H6/c1-12-2-7-14(8-3-12)15-9-4-13(5-10-15)6-11-16(21-20)17(19)18(22)23;1-2/h2-11,21H,19-20H2,1H3,(H,22,23);1-2H3/b11-6+,17-16-;. The first-order valence-electron chi connectivity index (χ1n) is 8.06. The molecule has 5 heteroatoms. The molecule has 132 valence electrons. The van der Waals surface area contributed by atoms with Gasteiger partial charge in [0.1, 0.15) is 5.70 Å². The van der Waals surface area contributed by atoms with E-state index in [1.165, 1.54) is 11.6 Å². The fourth-order valence-corrected chi connectivity index (χ4v) is 2.04. The Labute approximate surface area is 148 Å². The average molecular weight is 339 g/mol. The summed E-state index contributed by atoms with van der Waals surface area (Å²) >= 11 is 0. The molecule has 0 saturated heterocycles. The highest BCUT2D eigenvalue weighted by Crippen LogP contribution is 2.20. The molecule has 0 unspecified atom stereocenters. The SMILES string of the molecule is CC.Cc1ccc(-c2ccc(/C=C/C(NN)=C(/N)C(=O)O)cc2)cc1. The summed E-state index contributed by atoms with van der Waals surface area (Å²) in [5.41, 5.74) is 11.9. The number of allylic oxidation sites excluding steroid dienone is 1. The number of benzene rings is 2. The van der Waals surface area contributed by atoms with Crippen LogP contribution in [0.4, 0.5) is 0 Å². The van der Waals surface area contributed by atoms with Gasteiger partial charge >= 0.3 is 5.97 Å². The summed E-state index contributed by atoms with van der Waals surface area (Å²) in [6.45, 7) is 6.05. The first-order valence-corrected chi connectivity index (χ1v) is 8.06. The molecule has 0 aromatic heterocycles. The van der Waals surface area contributed by atoms with Crippen LogP contribution in [0.1, 0.15) is 25.0 Å². The van der Waals surface area contributed by atoms with Crippen LogP contribution in [0.2, 0.25) is 0 Å². The molecule has 0 heterocycles. The molecule has 2 rings (SSSR count). The molecule has 0 bridgehead atoms. The van der Waals surface area contributed by atoms with Gasteiger partial charge in [0.25, 0.3) is 0 Å². The number of nitrogens with two attached hydrogens (primary N) is 2. The molecular weight excluding hydrogens is 314 g/mol. The maximum atomic E-state index is 10.8. The van der Waals surface area contributed by atoms with Crippen LogP contribution in [0.15, 0.2) is 66.0 Å². The number of rotatable bonds is 5. The Morgan fingerprint density at radius 3 is 1.92 bits per heavy atom. The number of nitrogens with one attached hydrogen (secondary N) is 1. The second-order valence-corrected chi connectivity index (χ2v) is 5.10. The van der Waals surface area contributed by atoms with Crippen molar-refractivity contribution in [2.24, 2.45) is 11.6 Å². The van der Waals surface area contributed by atoms with Crippen LogP contribution in [-0.4, -0.2) is 11.1 Å². The van der Waals surface area contributed by atoms with Crippen LogP contribution in [0, 0.1) is 6.92 Å². The van der Waals surface area contributed by atoms with Crippen molar-refractivity contribution in [2.75, 3.05) is 0 Å². The summed E-state index contributed by atoms with van der Waals surface area (Å²) in [6, 6.07) is 16.2. The quantitative estimate of drug-likeness (QED) is 0.289. The predicted octanol–water partition coefficient (Wildman–Crippen LogP) is 3.42. The van der Waals surface area contributed by atoms with Crippen molar-refractivity contribution in [1.82, 2.24) is 5.43 Å². The number of hydrogen-bond acceptors (Lipinski definition) is 4. The fourth-order valence-electron chi connectivity index (χ4n) is 2.04. The molecular formula is C20H25N3O2. The van der Waals surface area contributed by atoms with E-state index in [-0.39, 0.29) is 11.4 Å². The van der Waals surface area contributed by atoms with Gasteiger partial charge in [-0.15, -0.1) is 0 Å². The third-order valence-electron chi connectivity index (χ3n) is 3.41. The van der Waals surface area contributed by atoms with Gasteiger partial charge in [-0.3, -0.25) is 5.84 Å². The van der Waals surface area contributed by atoms with E-state index in [1.807, 2.05) is 38.1 Å². The highest BCUT2D eigenvalue weighted by atomic mass is 16.4. The minimum atomic E-state index is -1.22. The van der Waals surface area contributed by atoms with Gasteiger partial charge in [-0.2, -0.15) is 0 Å². The summed E-state index contributed by atoms with van der Waals surface area (Å²) in [5, 5.41) is 8.85. The Balaban J connectivity index is 0.00000151. The molecule has 0 amide bonds. The van der Waals surface area contributed by atoms with Gasteiger partial charge in [-0.05, 0) is 29.7 Å². The van der Waals surface area contributed by atoms with Crippen molar-refractivity contribution in [3.05, 3.63) is 77.1 Å². The minimum Gasteiger partial charge on any atom is -0.477 e. The number of carboxylic acids is 1. The molecule has 0 atom stereocenters. The molecule has 0 fully saturated rings. The van der Waals surface area contributed by atoms with E-state index in [0.717, 1.165) is 16.7 Å². The molecule has 0 saturated carbocycles. The summed E-state index contributed by atoms with van der Waals surface area (Å²) in [4.78, 5) is 10.8. The first kappa shape index (κ1) is 20.0. The lowest BCUT2D eigenvalue weighted by atomic mass is 10.0. The Morgan fingerprint density at radius 1 is 1.00 bits per heavy atom. The highest BCUT2D eigenvalue weighted by molar-refractivity contribution is 5.87. The molecule has 0 aliphatic carbocycles. The van der Waals surface area contributed by atoms with Gasteiger partial charge in [0.05, 0.1) is 5.70 Å². The zero-order chi connectivity index (χ0) is 18.8. The van der Waals surface area contributed by atoms with Crippen molar-refractivity contribution < 1.29 is 9.90 Å². The van der Waals surface area contributed by atoms with Crippen LogP contribution < -0.4 is 17.0 Å². The monoisotopic (exact) mass is 339 g/mol. The van der Waals surface area contributed by atoms with Crippen LogP contribution in [0.5, 0.6) is 0 Å². The number of aryl methyl sites for hydroxylation is 1. The lowest BCUT2D eigenvalue weighted by Crippen LogP contribution is -2.26. The van der Waals surface area contributed by atoms with Crippen molar-refractivity contribution in [3.8, 4) is 11.1 Å². The van der Waals surface area contributed by atoms with Gasteiger partial charge in [-0.1, -0.05) is 74.0 Å². The van der Waals surface area contributed by atoms with E-state index in [9.17, 15) is 4.79 Å². The second-order valence-electron chi connectivity index (χ2n) is 5.10. The molecule has 2 aromatic rings. The molecule has 5 nitrogen and oxygen atoms in total. The van der Waals surface area contributed by atoms with E-state index < -0.39 is 5.97 Å². The van der Waals surface area contributed by atoms with Gasteiger partial charge < -0.3 is 16.3 Å². The smallest absolute Gasteiger partial charge is 0.353 e. The van der Waals surface area contributed by atoms with Crippen LogP contribution in [0.25, 0.3) is 17.2 Å². The molecule has 25 heavy (non-hydrogen) atoms. The van der Waals surface area contributed by atoms with Crippen LogP contribution in [0.3, 0.4) is 0 Å². The third-order valence-corrected chi connectivity index (χ3v) is 3.41. The molecule has 2 aromatic carbocycles. The molecule has 0 aliphatic heterocycles. The van der Waals surface area contributed by atoms with Gasteiger partial charge in [0.2, 0.25) is 0 Å². The minimum absolute atomic E-state index is 0.153. The van der Waals surface area contributed by atoms with Gasteiger partial charge in [0.15, 0.2) is 0 Å². The maximum Gasteiger partial charge on any atom is 0.353 e. The van der Waals surface area contributed by atoms with Gasteiger partial charge in [-0.25, -0.2) is 4.79 Å². The summed E-state index contributed by atoms with van der Waals surface area (Å²) in [7, 11) is 0. The maximum absolute atomic E-state index is 10.8. The third kappa shape index (κ3) is 5.82. The van der Waals surface area contributed by atoms with Crippen molar-refractivity contribution in [2.45, 2.75) is 20.8 Å². The number of hydrazine groups is 1. The van der Waals surface area contributed by atoms with Crippen molar-refractivity contribution >= 4 is 12.0 Å². The number of hydrogen-bond donors (Lipinski definition) is 4. The normalized spacial score (nSPS) is 11.4. The Hall–Kier alpha value is -3.05. The summed E-state index contributed by atoms with van der Waals surface area (Å²) in [6.07, 6.45) is 3.27. The average Bonchev–Trinajstić information content (AvgIpc) is 2.65. The number of aliphatic carboxylic acids is 1. The van der Waals surface area contributed by atoms with Crippen molar-refractivity contribution in [3.63, 3.8) is 0 Å². The Morgan fingerprint density at radius 2 is 1.48 bits per heavy atom. The van der Waals surface area contributed by atoms with Crippen LogP contribution >= 0.6 is 0 Å². The van der Waals surface area contributed by atoms with E-state index in [4.69, 9.17) is 16.7 Å².